The van der Waals surface area contributed by atoms with Gasteiger partial charge in [-0.2, -0.15) is 13.2 Å². The summed E-state index contributed by atoms with van der Waals surface area (Å²) in [5, 5.41) is 3.24. The van der Waals surface area contributed by atoms with Gasteiger partial charge in [0.2, 0.25) is 0 Å². The lowest BCUT2D eigenvalue weighted by atomic mass is 10.1. The van der Waals surface area contributed by atoms with E-state index in [0.29, 0.717) is 13.1 Å². The second kappa shape index (κ2) is 7.99. The summed E-state index contributed by atoms with van der Waals surface area (Å²) in [6.45, 7) is 5.08. The second-order valence-corrected chi connectivity index (χ2v) is 4.91. The topological polar surface area (TPSA) is 45.2 Å². The van der Waals surface area contributed by atoms with Gasteiger partial charge in [0.15, 0.2) is 0 Å². The summed E-state index contributed by atoms with van der Waals surface area (Å²) >= 11 is 0. The van der Waals surface area contributed by atoms with Crippen LogP contribution in [-0.4, -0.2) is 41.0 Å². The van der Waals surface area contributed by atoms with Gasteiger partial charge in [0.25, 0.3) is 5.91 Å². The molecule has 1 aromatic rings. The van der Waals surface area contributed by atoms with Crippen LogP contribution in [0, 0.1) is 0 Å². The van der Waals surface area contributed by atoms with Crippen molar-refractivity contribution in [3.63, 3.8) is 0 Å². The number of hydrogen-bond donors (Lipinski definition) is 1. The summed E-state index contributed by atoms with van der Waals surface area (Å²) in [7, 11) is 0. The Balaban J connectivity index is 0.00000220. The number of pyridine rings is 1. The van der Waals surface area contributed by atoms with Crippen LogP contribution in [0.5, 0.6) is 0 Å². The van der Waals surface area contributed by atoms with Crippen molar-refractivity contribution in [2.75, 3.05) is 13.1 Å². The van der Waals surface area contributed by atoms with Crippen molar-refractivity contribution in [1.29, 1.82) is 0 Å². The predicted octanol–water partition coefficient (Wildman–Crippen LogP) is 2.77. The number of nitrogens with one attached hydrogen (secondary N) is 1. The molecule has 1 N–H and O–H groups in total. The Morgan fingerprint density at radius 2 is 1.95 bits per heavy atom. The lowest BCUT2D eigenvalue weighted by Crippen LogP contribution is -2.57. The number of rotatable bonds is 1. The van der Waals surface area contributed by atoms with Crippen molar-refractivity contribution in [2.45, 2.75) is 32.1 Å². The van der Waals surface area contributed by atoms with Gasteiger partial charge in [0, 0.05) is 31.4 Å². The first-order valence-corrected chi connectivity index (χ1v) is 6.38. The molecule has 1 fully saturated rings. The monoisotopic (exact) mass is 359 g/mol. The SMILES string of the molecule is CC1NCCN(C(=O)c2ccc(C(F)(F)F)nc2)C1C.Cl.Cl. The molecule has 2 unspecified atom stereocenters. The van der Waals surface area contributed by atoms with Gasteiger partial charge in [-0.3, -0.25) is 9.78 Å². The van der Waals surface area contributed by atoms with E-state index in [1.807, 2.05) is 13.8 Å². The molecule has 1 aromatic heterocycles. The third kappa shape index (κ3) is 4.47. The van der Waals surface area contributed by atoms with Gasteiger partial charge in [-0.1, -0.05) is 0 Å². The molecule has 0 radical (unpaired) electrons. The number of amides is 1. The maximum atomic E-state index is 12.4. The zero-order valence-electron chi connectivity index (χ0n) is 12.1. The molecule has 0 bridgehead atoms. The fourth-order valence-electron chi connectivity index (χ4n) is 2.20. The number of halogens is 5. The summed E-state index contributed by atoms with van der Waals surface area (Å²) in [6, 6.07) is 2.15. The first kappa shape index (κ1) is 20.9. The molecular weight excluding hydrogens is 342 g/mol. The molecule has 0 spiro atoms. The lowest BCUT2D eigenvalue weighted by Gasteiger charge is -2.38. The molecule has 2 atom stereocenters. The lowest BCUT2D eigenvalue weighted by molar-refractivity contribution is -0.141. The van der Waals surface area contributed by atoms with Gasteiger partial charge < -0.3 is 10.2 Å². The highest BCUT2D eigenvalue weighted by Crippen LogP contribution is 2.27. The Hall–Kier alpha value is -1.05. The largest absolute Gasteiger partial charge is 0.433 e. The highest BCUT2D eigenvalue weighted by atomic mass is 35.5. The second-order valence-electron chi connectivity index (χ2n) is 4.91. The fourth-order valence-corrected chi connectivity index (χ4v) is 2.20. The van der Waals surface area contributed by atoms with Crippen LogP contribution in [0.15, 0.2) is 18.3 Å². The predicted molar refractivity (Wildman–Crippen MR) is 81.7 cm³/mol. The van der Waals surface area contributed by atoms with Crippen molar-refractivity contribution in [3.05, 3.63) is 29.6 Å². The van der Waals surface area contributed by atoms with Crippen LogP contribution in [0.1, 0.15) is 29.9 Å². The van der Waals surface area contributed by atoms with Gasteiger partial charge in [-0.15, -0.1) is 24.8 Å². The minimum atomic E-state index is -4.49. The van der Waals surface area contributed by atoms with Crippen LogP contribution in [-0.2, 0) is 6.18 Å². The Morgan fingerprint density at radius 1 is 1.32 bits per heavy atom. The number of piperazine rings is 1. The Labute approximate surface area is 139 Å². The van der Waals surface area contributed by atoms with E-state index in [-0.39, 0.29) is 48.4 Å². The third-order valence-electron chi connectivity index (χ3n) is 3.60. The van der Waals surface area contributed by atoms with Gasteiger partial charge in [0.1, 0.15) is 5.69 Å². The number of carbonyl (C=O) groups is 1. The number of nitrogens with zero attached hydrogens (tertiary/aromatic N) is 2. The van der Waals surface area contributed by atoms with E-state index in [4.69, 9.17) is 0 Å². The molecule has 0 aromatic carbocycles. The van der Waals surface area contributed by atoms with Crippen LogP contribution >= 0.6 is 24.8 Å². The van der Waals surface area contributed by atoms with Crippen molar-refractivity contribution in [3.8, 4) is 0 Å². The number of aromatic nitrogens is 1. The molecule has 126 valence electrons. The van der Waals surface area contributed by atoms with Gasteiger partial charge in [-0.25, -0.2) is 0 Å². The number of alkyl halides is 3. The minimum Gasteiger partial charge on any atom is -0.333 e. The maximum absolute atomic E-state index is 12.4. The zero-order chi connectivity index (χ0) is 14.9. The number of carbonyl (C=O) groups excluding carboxylic acids is 1. The Kier molecular flexibility index (Phi) is 7.61. The Morgan fingerprint density at radius 3 is 2.45 bits per heavy atom. The molecule has 9 heteroatoms. The molecule has 2 rings (SSSR count). The van der Waals surface area contributed by atoms with Crippen LogP contribution in [0.2, 0.25) is 0 Å². The van der Waals surface area contributed by atoms with E-state index >= 15 is 0 Å². The first-order chi connectivity index (χ1) is 9.30. The quantitative estimate of drug-likeness (QED) is 0.838. The first-order valence-electron chi connectivity index (χ1n) is 6.38. The summed E-state index contributed by atoms with van der Waals surface area (Å²) in [4.78, 5) is 17.3. The van der Waals surface area contributed by atoms with Gasteiger partial charge in [-0.05, 0) is 26.0 Å². The smallest absolute Gasteiger partial charge is 0.333 e. The van der Waals surface area contributed by atoms with E-state index in [0.717, 1.165) is 12.3 Å². The molecule has 22 heavy (non-hydrogen) atoms. The molecule has 0 saturated carbocycles. The van der Waals surface area contributed by atoms with Crippen LogP contribution in [0.4, 0.5) is 13.2 Å². The highest BCUT2D eigenvalue weighted by molar-refractivity contribution is 5.94. The Bertz CT molecular complexity index is 496. The standard InChI is InChI=1S/C13H16F3N3O.2ClH/c1-8-9(2)19(6-5-17-8)12(20)10-3-4-11(18-7-10)13(14,15)16;;/h3-4,7-9,17H,5-6H2,1-2H3;2*1H. The molecule has 1 saturated heterocycles. The fraction of sp³-hybridized carbons (Fsp3) is 0.538. The van der Waals surface area contributed by atoms with Gasteiger partial charge in [0.05, 0.1) is 5.56 Å². The highest BCUT2D eigenvalue weighted by Gasteiger charge is 2.33. The summed E-state index contributed by atoms with van der Waals surface area (Å²) in [5.41, 5.74) is -0.810. The molecule has 4 nitrogen and oxygen atoms in total. The van der Waals surface area contributed by atoms with E-state index in [1.54, 1.807) is 4.90 Å². The van der Waals surface area contributed by atoms with Crippen LogP contribution < -0.4 is 5.32 Å². The van der Waals surface area contributed by atoms with E-state index < -0.39 is 11.9 Å². The van der Waals surface area contributed by atoms with Crippen molar-refractivity contribution in [1.82, 2.24) is 15.2 Å². The molecule has 1 aliphatic heterocycles. The normalized spacial score (nSPS) is 21.6. The minimum absolute atomic E-state index is 0. The molecule has 1 aliphatic rings. The molecule has 2 heterocycles. The average molecular weight is 360 g/mol. The summed E-state index contributed by atoms with van der Waals surface area (Å²) in [6.07, 6.45) is -3.50. The average Bonchev–Trinajstić information content (AvgIpc) is 2.40. The maximum Gasteiger partial charge on any atom is 0.433 e. The van der Waals surface area contributed by atoms with E-state index in [9.17, 15) is 18.0 Å². The third-order valence-corrected chi connectivity index (χ3v) is 3.60. The van der Waals surface area contributed by atoms with Crippen LogP contribution in [0.25, 0.3) is 0 Å². The summed E-state index contributed by atoms with van der Waals surface area (Å²) < 4.78 is 37.3. The van der Waals surface area contributed by atoms with Crippen molar-refractivity contribution < 1.29 is 18.0 Å². The van der Waals surface area contributed by atoms with Crippen molar-refractivity contribution >= 4 is 30.7 Å². The number of hydrogen-bond acceptors (Lipinski definition) is 3. The molecule has 0 aliphatic carbocycles. The van der Waals surface area contributed by atoms with Crippen LogP contribution in [0.3, 0.4) is 0 Å². The molecular formula is C13H18Cl2F3N3O. The van der Waals surface area contributed by atoms with E-state index in [2.05, 4.69) is 10.3 Å². The zero-order valence-corrected chi connectivity index (χ0v) is 13.7. The summed E-state index contributed by atoms with van der Waals surface area (Å²) in [5.74, 6) is -0.285. The molecule has 1 amide bonds. The van der Waals surface area contributed by atoms with Crippen molar-refractivity contribution in [2.24, 2.45) is 0 Å². The van der Waals surface area contributed by atoms with Gasteiger partial charge >= 0.3 is 6.18 Å². The van der Waals surface area contributed by atoms with E-state index in [1.165, 1.54) is 6.07 Å².